The summed E-state index contributed by atoms with van der Waals surface area (Å²) in [5.74, 6) is -0.160. The first-order valence-electron chi connectivity index (χ1n) is 4.64. The molecule has 2 aliphatic rings. The number of hydrogen-bond acceptors (Lipinski definition) is 5. The van der Waals surface area contributed by atoms with Crippen LogP contribution in [0.2, 0.25) is 0 Å². The minimum absolute atomic E-state index is 0. The third-order valence-corrected chi connectivity index (χ3v) is 3.03. The van der Waals surface area contributed by atoms with Crippen molar-refractivity contribution in [3.63, 3.8) is 0 Å². The monoisotopic (exact) mass is 292 g/mol. The van der Waals surface area contributed by atoms with Gasteiger partial charge in [-0.05, 0) is 12.3 Å². The summed E-state index contributed by atoms with van der Waals surface area (Å²) in [6, 6.07) is 0. The maximum absolute atomic E-state index is 11.2. The zero-order chi connectivity index (χ0) is 9.97. The molecule has 2 aliphatic heterocycles. The van der Waals surface area contributed by atoms with E-state index in [9.17, 15) is 4.79 Å². The lowest BCUT2D eigenvalue weighted by Crippen LogP contribution is -2.23. The van der Waals surface area contributed by atoms with Gasteiger partial charge in [0.05, 0.1) is 19.6 Å². The maximum atomic E-state index is 11.2. The lowest BCUT2D eigenvalue weighted by molar-refractivity contribution is -0.142. The van der Waals surface area contributed by atoms with E-state index in [1.165, 1.54) is 0 Å². The molecule has 2 rings (SSSR count). The minimum Gasteiger partial charge on any atom is -0.466 e. The second-order valence-electron chi connectivity index (χ2n) is 3.02. The first-order chi connectivity index (χ1) is 6.81. The third-order valence-electron chi connectivity index (χ3n) is 2.08. The van der Waals surface area contributed by atoms with Crippen molar-refractivity contribution in [3.05, 3.63) is 11.1 Å². The Bertz CT molecular complexity index is 317. The van der Waals surface area contributed by atoms with Crippen LogP contribution in [-0.2, 0) is 9.53 Å². The number of fused-ring (bicyclic) bond motifs is 1. The predicted molar refractivity (Wildman–Crippen MR) is 66.3 cm³/mol. The highest BCUT2D eigenvalue weighted by Gasteiger charge is 2.27. The molecule has 0 saturated heterocycles. The number of carbonyl (C=O) groups is 1. The highest BCUT2D eigenvalue weighted by Crippen LogP contribution is 2.30. The molecule has 0 saturated carbocycles. The summed E-state index contributed by atoms with van der Waals surface area (Å²) < 4.78 is 4.90. The molecule has 0 aliphatic carbocycles. The van der Waals surface area contributed by atoms with Crippen LogP contribution in [0.1, 0.15) is 13.3 Å². The molecule has 6 heteroatoms. The molecule has 0 amide bonds. The first-order valence-corrected chi connectivity index (χ1v) is 5.52. The summed E-state index contributed by atoms with van der Waals surface area (Å²) in [5.41, 5.74) is 1.02. The average Bonchev–Trinajstić information content (AvgIpc) is 2.70. The summed E-state index contributed by atoms with van der Waals surface area (Å²) >= 11 is 1.59. The van der Waals surface area contributed by atoms with E-state index in [0.717, 1.165) is 24.0 Å². The number of esters is 1. The summed E-state index contributed by atoms with van der Waals surface area (Å²) in [5, 5.41) is 3.00. The molecule has 15 heavy (non-hydrogen) atoms. The number of hydrogen-bond donors (Lipinski definition) is 0. The Morgan fingerprint density at radius 3 is 3.27 bits per heavy atom. The second-order valence-corrected chi connectivity index (χ2v) is 3.86. The van der Waals surface area contributed by atoms with Gasteiger partial charge in [0.2, 0.25) is 0 Å². The lowest BCUT2D eigenvalue weighted by Gasteiger charge is -2.15. The van der Waals surface area contributed by atoms with Crippen LogP contribution in [0.5, 0.6) is 0 Å². The fourth-order valence-corrected chi connectivity index (χ4v) is 2.43. The topological polar surface area (TPSA) is 41.9 Å². The van der Waals surface area contributed by atoms with Gasteiger partial charge in [-0.15, -0.1) is 17.0 Å². The van der Waals surface area contributed by atoms with E-state index in [0.29, 0.717) is 13.0 Å². The van der Waals surface area contributed by atoms with Gasteiger partial charge in [-0.25, -0.2) is 0 Å². The second kappa shape index (κ2) is 5.55. The molecule has 0 aromatic heterocycles. The molecule has 84 valence electrons. The highest BCUT2D eigenvalue weighted by atomic mass is 79.9. The fourth-order valence-electron chi connectivity index (χ4n) is 1.48. The van der Waals surface area contributed by atoms with Crippen molar-refractivity contribution in [1.29, 1.82) is 0 Å². The van der Waals surface area contributed by atoms with Crippen LogP contribution in [0, 0.1) is 0 Å². The van der Waals surface area contributed by atoms with Crippen molar-refractivity contribution < 1.29 is 9.53 Å². The van der Waals surface area contributed by atoms with Crippen LogP contribution < -0.4 is 0 Å². The molecular weight excluding hydrogens is 280 g/mol. The fraction of sp³-hybridized carbons (Fsp3) is 0.556. The van der Waals surface area contributed by atoms with Crippen LogP contribution in [0.3, 0.4) is 0 Å². The molecule has 0 spiro atoms. The number of nitrogens with zero attached hydrogens (tertiary/aromatic N) is 2. The standard InChI is InChI=1S/C9H12N2O2S.BrH/c1-2-13-8(12)5-7-6-14-9-10-3-4-11(7)9;/h6H,2-5H2,1H3;1H. The maximum Gasteiger partial charge on any atom is 0.311 e. The van der Waals surface area contributed by atoms with E-state index in [-0.39, 0.29) is 23.0 Å². The highest BCUT2D eigenvalue weighted by molar-refractivity contribution is 8.93. The van der Waals surface area contributed by atoms with Crippen LogP contribution in [-0.4, -0.2) is 35.7 Å². The normalized spacial score (nSPS) is 17.8. The van der Waals surface area contributed by atoms with Crippen LogP contribution >= 0.6 is 28.7 Å². The largest absolute Gasteiger partial charge is 0.466 e. The van der Waals surface area contributed by atoms with E-state index in [1.54, 1.807) is 11.8 Å². The molecule has 0 aromatic rings. The number of rotatable bonds is 3. The van der Waals surface area contributed by atoms with Gasteiger partial charge in [0, 0.05) is 12.2 Å². The number of thioether (sulfide) groups is 1. The van der Waals surface area contributed by atoms with Gasteiger partial charge in [-0.3, -0.25) is 9.79 Å². The van der Waals surface area contributed by atoms with Gasteiger partial charge in [0.1, 0.15) is 0 Å². The quantitative estimate of drug-likeness (QED) is 0.744. The van der Waals surface area contributed by atoms with Crippen molar-refractivity contribution in [1.82, 2.24) is 4.90 Å². The van der Waals surface area contributed by atoms with Gasteiger partial charge in [0.15, 0.2) is 5.17 Å². The Morgan fingerprint density at radius 2 is 2.53 bits per heavy atom. The molecule has 2 heterocycles. The molecule has 0 unspecified atom stereocenters. The van der Waals surface area contributed by atoms with E-state index in [4.69, 9.17) is 4.74 Å². The van der Waals surface area contributed by atoms with E-state index in [2.05, 4.69) is 9.89 Å². The Labute approximate surface area is 104 Å². The Balaban J connectivity index is 0.00000112. The van der Waals surface area contributed by atoms with Gasteiger partial charge in [0.25, 0.3) is 0 Å². The Hall–Kier alpha value is -0.490. The summed E-state index contributed by atoms with van der Waals surface area (Å²) in [6.07, 6.45) is 0.361. The third kappa shape index (κ3) is 2.75. The molecule has 0 bridgehead atoms. The molecule has 0 N–H and O–H groups in total. The molecular formula is C9H13BrN2O2S. The van der Waals surface area contributed by atoms with Gasteiger partial charge >= 0.3 is 5.97 Å². The molecule has 0 fully saturated rings. The Morgan fingerprint density at radius 1 is 1.73 bits per heavy atom. The number of carbonyl (C=O) groups excluding carboxylic acids is 1. The molecule has 4 nitrogen and oxygen atoms in total. The number of aliphatic imine (C=N–C) groups is 1. The van der Waals surface area contributed by atoms with Crippen molar-refractivity contribution >= 4 is 39.9 Å². The van der Waals surface area contributed by atoms with Gasteiger partial charge < -0.3 is 9.64 Å². The molecule has 0 aromatic carbocycles. The number of halogens is 1. The summed E-state index contributed by atoms with van der Waals surface area (Å²) in [7, 11) is 0. The summed E-state index contributed by atoms with van der Waals surface area (Å²) in [4.78, 5) is 17.6. The Kier molecular flexibility index (Phi) is 4.66. The number of ether oxygens (including phenoxy) is 1. The van der Waals surface area contributed by atoms with E-state index in [1.807, 2.05) is 12.3 Å². The minimum atomic E-state index is -0.160. The van der Waals surface area contributed by atoms with E-state index >= 15 is 0 Å². The molecule has 0 atom stereocenters. The van der Waals surface area contributed by atoms with Crippen LogP contribution in [0.15, 0.2) is 16.1 Å². The first kappa shape index (κ1) is 12.6. The number of amidine groups is 1. The molecule has 0 radical (unpaired) electrons. The average molecular weight is 293 g/mol. The van der Waals surface area contributed by atoms with Crippen LogP contribution in [0.25, 0.3) is 0 Å². The van der Waals surface area contributed by atoms with Crippen molar-refractivity contribution in [3.8, 4) is 0 Å². The lowest BCUT2D eigenvalue weighted by atomic mass is 10.3. The van der Waals surface area contributed by atoms with E-state index < -0.39 is 0 Å². The zero-order valence-corrected chi connectivity index (χ0v) is 11.0. The predicted octanol–water partition coefficient (Wildman–Crippen LogP) is 1.78. The van der Waals surface area contributed by atoms with Crippen molar-refractivity contribution in [2.45, 2.75) is 13.3 Å². The summed E-state index contributed by atoms with van der Waals surface area (Å²) in [6.45, 7) is 3.99. The SMILES string of the molecule is Br.CCOC(=O)CC1=CSC2=NCCN12. The van der Waals surface area contributed by atoms with Gasteiger partial charge in [-0.2, -0.15) is 0 Å². The smallest absolute Gasteiger partial charge is 0.311 e. The van der Waals surface area contributed by atoms with Gasteiger partial charge in [-0.1, -0.05) is 11.8 Å². The zero-order valence-electron chi connectivity index (χ0n) is 8.43. The van der Waals surface area contributed by atoms with Crippen molar-refractivity contribution in [2.24, 2.45) is 4.99 Å². The van der Waals surface area contributed by atoms with Crippen molar-refractivity contribution in [2.75, 3.05) is 19.7 Å². The van der Waals surface area contributed by atoms with Crippen LogP contribution in [0.4, 0.5) is 0 Å².